The van der Waals surface area contributed by atoms with Crippen LogP contribution in [0.2, 0.25) is 0 Å². The van der Waals surface area contributed by atoms with E-state index in [0.717, 1.165) is 17.7 Å². The summed E-state index contributed by atoms with van der Waals surface area (Å²) >= 11 is 0. The van der Waals surface area contributed by atoms with E-state index in [-0.39, 0.29) is 24.2 Å². The van der Waals surface area contributed by atoms with Crippen molar-refractivity contribution in [1.29, 1.82) is 0 Å². The van der Waals surface area contributed by atoms with Crippen LogP contribution in [0.4, 0.5) is 0 Å². The van der Waals surface area contributed by atoms with E-state index in [0.29, 0.717) is 12.8 Å². The Kier molecular flexibility index (Phi) is 9.16. The van der Waals surface area contributed by atoms with Crippen LogP contribution < -0.4 is 15.4 Å². The van der Waals surface area contributed by atoms with Crippen molar-refractivity contribution in [2.75, 3.05) is 21.2 Å². The lowest BCUT2D eigenvalue weighted by atomic mass is 9.56. The molecule has 1 aromatic carbocycles. The van der Waals surface area contributed by atoms with Gasteiger partial charge in [-0.15, -0.1) is 12.4 Å². The fourth-order valence-corrected chi connectivity index (χ4v) is 3.52. The summed E-state index contributed by atoms with van der Waals surface area (Å²) in [5.74, 6) is 0.335. The molecule has 1 aromatic rings. The van der Waals surface area contributed by atoms with Crippen LogP contribution in [0.15, 0.2) is 24.3 Å². The molecule has 142 valence electrons. The molecule has 1 aliphatic heterocycles. The number of ether oxygens (including phenoxy) is 1. The van der Waals surface area contributed by atoms with Gasteiger partial charge < -0.3 is 10.1 Å². The molecule has 6 heteroatoms. The van der Waals surface area contributed by atoms with Crippen molar-refractivity contribution >= 4 is 24.2 Å². The minimum absolute atomic E-state index is 0. The predicted octanol–water partition coefficient (Wildman–Crippen LogP) is 3.06. The SMILES string of the molecule is CCCC1(c2cccc(OC)c2)C(=O)NC(=O)CC1(C)C.CNC.Cl. The van der Waals surface area contributed by atoms with E-state index in [4.69, 9.17) is 4.74 Å². The molecule has 0 radical (unpaired) electrons. The third-order valence-corrected chi connectivity index (χ3v) is 4.59. The Labute approximate surface area is 157 Å². The van der Waals surface area contributed by atoms with Crippen LogP contribution in [-0.4, -0.2) is 33.0 Å². The van der Waals surface area contributed by atoms with Gasteiger partial charge in [0.1, 0.15) is 5.75 Å². The number of carbonyl (C=O) groups is 2. The highest BCUT2D eigenvalue weighted by Crippen LogP contribution is 2.50. The first kappa shape index (κ1) is 23.4. The number of hydrogen-bond donors (Lipinski definition) is 2. The van der Waals surface area contributed by atoms with Crippen molar-refractivity contribution < 1.29 is 14.3 Å². The molecule has 0 aliphatic carbocycles. The first-order chi connectivity index (χ1) is 11.3. The largest absolute Gasteiger partial charge is 0.497 e. The van der Waals surface area contributed by atoms with Crippen LogP contribution >= 0.6 is 12.4 Å². The second-order valence-electron chi connectivity index (χ2n) is 6.83. The van der Waals surface area contributed by atoms with E-state index < -0.39 is 10.8 Å². The smallest absolute Gasteiger partial charge is 0.237 e. The highest BCUT2D eigenvalue weighted by atomic mass is 35.5. The molecule has 25 heavy (non-hydrogen) atoms. The predicted molar refractivity (Wildman–Crippen MR) is 103 cm³/mol. The third kappa shape index (κ3) is 4.73. The van der Waals surface area contributed by atoms with Crippen LogP contribution in [0.3, 0.4) is 0 Å². The quantitative estimate of drug-likeness (QED) is 0.799. The summed E-state index contributed by atoms with van der Waals surface area (Å²) < 4.78 is 5.29. The van der Waals surface area contributed by atoms with E-state index >= 15 is 0 Å². The standard InChI is InChI=1S/C17H23NO3.C2H7N.ClH/c1-5-9-17(12-7-6-8-13(10-12)21-4)15(20)18-14(19)11-16(17,2)3;1-3-2;/h6-8,10H,5,9,11H2,1-4H3,(H,18,19,20);3H,1-2H3;1H. The lowest BCUT2D eigenvalue weighted by Crippen LogP contribution is -2.60. The van der Waals surface area contributed by atoms with Gasteiger partial charge in [-0.05, 0) is 43.6 Å². The van der Waals surface area contributed by atoms with E-state index in [9.17, 15) is 9.59 Å². The van der Waals surface area contributed by atoms with Crippen LogP contribution in [0, 0.1) is 5.41 Å². The van der Waals surface area contributed by atoms with Gasteiger partial charge in [-0.3, -0.25) is 14.9 Å². The fourth-order valence-electron chi connectivity index (χ4n) is 3.52. The first-order valence-corrected chi connectivity index (χ1v) is 8.36. The summed E-state index contributed by atoms with van der Waals surface area (Å²) in [7, 11) is 5.36. The van der Waals surface area contributed by atoms with Crippen molar-refractivity contribution in [2.24, 2.45) is 5.41 Å². The molecule has 1 aliphatic rings. The van der Waals surface area contributed by atoms with Gasteiger partial charge in [0.2, 0.25) is 11.8 Å². The number of imide groups is 1. The number of hydrogen-bond acceptors (Lipinski definition) is 4. The van der Waals surface area contributed by atoms with Gasteiger partial charge in [0.05, 0.1) is 12.5 Å². The van der Waals surface area contributed by atoms with Crippen molar-refractivity contribution in [1.82, 2.24) is 10.6 Å². The van der Waals surface area contributed by atoms with Gasteiger partial charge in [-0.2, -0.15) is 0 Å². The molecule has 2 N–H and O–H groups in total. The average molecular weight is 371 g/mol. The molecule has 1 atom stereocenters. The topological polar surface area (TPSA) is 67.4 Å². The number of methoxy groups -OCH3 is 1. The molecule has 0 bridgehead atoms. The molecule has 0 spiro atoms. The van der Waals surface area contributed by atoms with Crippen molar-refractivity contribution in [2.45, 2.75) is 45.4 Å². The maximum Gasteiger partial charge on any atom is 0.237 e. The molecule has 1 fully saturated rings. The number of rotatable bonds is 4. The zero-order chi connectivity index (χ0) is 18.4. The molecule has 1 saturated heterocycles. The summed E-state index contributed by atoms with van der Waals surface area (Å²) in [5.41, 5.74) is -0.224. The fraction of sp³-hybridized carbons (Fsp3) is 0.579. The van der Waals surface area contributed by atoms with Gasteiger partial charge in [0.15, 0.2) is 0 Å². The number of nitrogens with one attached hydrogen (secondary N) is 2. The Morgan fingerprint density at radius 2 is 1.84 bits per heavy atom. The van der Waals surface area contributed by atoms with Gasteiger partial charge in [-0.25, -0.2) is 0 Å². The van der Waals surface area contributed by atoms with Gasteiger partial charge >= 0.3 is 0 Å². The van der Waals surface area contributed by atoms with Crippen molar-refractivity contribution in [3.8, 4) is 5.75 Å². The number of carbonyl (C=O) groups excluding carboxylic acids is 2. The highest BCUT2D eigenvalue weighted by molar-refractivity contribution is 6.04. The summed E-state index contributed by atoms with van der Waals surface area (Å²) in [6.07, 6.45) is 1.91. The Bertz CT molecular complexity index is 590. The molecular weight excluding hydrogens is 340 g/mol. The molecule has 2 rings (SSSR count). The highest BCUT2D eigenvalue weighted by Gasteiger charge is 2.55. The Morgan fingerprint density at radius 1 is 1.24 bits per heavy atom. The molecule has 2 amide bonds. The zero-order valence-corrected chi connectivity index (χ0v) is 16.9. The van der Waals surface area contributed by atoms with E-state index in [1.165, 1.54) is 0 Å². The summed E-state index contributed by atoms with van der Waals surface area (Å²) in [4.78, 5) is 24.5. The minimum Gasteiger partial charge on any atom is -0.497 e. The maximum atomic E-state index is 12.8. The van der Waals surface area contributed by atoms with Gasteiger partial charge in [-0.1, -0.05) is 39.3 Å². The molecular formula is C19H31ClN2O3. The van der Waals surface area contributed by atoms with Crippen LogP contribution in [0.5, 0.6) is 5.75 Å². The number of benzene rings is 1. The number of piperidine rings is 1. The van der Waals surface area contributed by atoms with Gasteiger partial charge in [0, 0.05) is 6.42 Å². The second kappa shape index (κ2) is 9.78. The third-order valence-electron chi connectivity index (χ3n) is 4.59. The zero-order valence-electron chi connectivity index (χ0n) is 16.1. The normalized spacial score (nSPS) is 21.4. The van der Waals surface area contributed by atoms with E-state index in [1.807, 2.05) is 52.2 Å². The second-order valence-corrected chi connectivity index (χ2v) is 6.83. The summed E-state index contributed by atoms with van der Waals surface area (Å²) in [6.45, 7) is 6.05. The van der Waals surface area contributed by atoms with Crippen molar-refractivity contribution in [3.63, 3.8) is 0 Å². The lowest BCUT2D eigenvalue weighted by Gasteiger charge is -2.48. The lowest BCUT2D eigenvalue weighted by molar-refractivity contribution is -0.145. The van der Waals surface area contributed by atoms with E-state index in [1.54, 1.807) is 7.11 Å². The van der Waals surface area contributed by atoms with Gasteiger partial charge in [0.25, 0.3) is 0 Å². The minimum atomic E-state index is -0.704. The van der Waals surface area contributed by atoms with Crippen LogP contribution in [0.1, 0.15) is 45.6 Å². The molecule has 1 heterocycles. The average Bonchev–Trinajstić information content (AvgIpc) is 2.51. The monoisotopic (exact) mass is 370 g/mol. The Hall–Kier alpha value is -1.59. The summed E-state index contributed by atoms with van der Waals surface area (Å²) in [6, 6.07) is 7.62. The Balaban J connectivity index is 0.00000134. The number of amides is 2. The molecule has 0 aromatic heterocycles. The maximum absolute atomic E-state index is 12.8. The molecule has 1 unspecified atom stereocenters. The number of halogens is 1. The van der Waals surface area contributed by atoms with Crippen LogP contribution in [-0.2, 0) is 15.0 Å². The first-order valence-electron chi connectivity index (χ1n) is 8.36. The van der Waals surface area contributed by atoms with Crippen LogP contribution in [0.25, 0.3) is 0 Å². The molecule has 5 nitrogen and oxygen atoms in total. The van der Waals surface area contributed by atoms with Crippen molar-refractivity contribution in [3.05, 3.63) is 29.8 Å². The summed E-state index contributed by atoms with van der Waals surface area (Å²) in [5, 5.41) is 5.28. The molecule has 0 saturated carbocycles. The Morgan fingerprint density at radius 3 is 2.32 bits per heavy atom. The van der Waals surface area contributed by atoms with E-state index in [2.05, 4.69) is 17.6 Å².